The number of carbonyl (C=O) groups is 1. The molecule has 0 aliphatic heterocycles. The average molecular weight is 287 g/mol. The summed E-state index contributed by atoms with van der Waals surface area (Å²) >= 11 is 0. The molecule has 0 atom stereocenters. The van der Waals surface area contributed by atoms with Crippen LogP contribution in [0.2, 0.25) is 0 Å². The lowest BCUT2D eigenvalue weighted by Gasteiger charge is -2.22. The van der Waals surface area contributed by atoms with Gasteiger partial charge in [0.25, 0.3) is 0 Å². The summed E-state index contributed by atoms with van der Waals surface area (Å²) in [5, 5.41) is 11.7. The monoisotopic (exact) mass is 287 g/mol. The zero-order valence-corrected chi connectivity index (χ0v) is 13.2. The Morgan fingerprint density at radius 2 is 2.19 bits per heavy atom. The Bertz CT molecular complexity index is 491. The molecule has 1 rings (SSSR count). The van der Waals surface area contributed by atoms with E-state index in [1.807, 2.05) is 0 Å². The van der Waals surface area contributed by atoms with Crippen LogP contribution in [0.25, 0.3) is 0 Å². The van der Waals surface area contributed by atoms with Crippen molar-refractivity contribution in [3.05, 3.63) is 29.8 Å². The van der Waals surface area contributed by atoms with E-state index in [9.17, 15) is 4.79 Å². The van der Waals surface area contributed by atoms with Crippen molar-refractivity contribution in [2.45, 2.75) is 33.6 Å². The van der Waals surface area contributed by atoms with Gasteiger partial charge in [0.05, 0.1) is 11.6 Å². The quantitative estimate of drug-likeness (QED) is 0.798. The van der Waals surface area contributed by atoms with Crippen molar-refractivity contribution in [3.8, 4) is 6.07 Å². The second-order valence-electron chi connectivity index (χ2n) is 5.63. The van der Waals surface area contributed by atoms with Gasteiger partial charge < -0.3 is 10.2 Å². The first-order valence-corrected chi connectivity index (χ1v) is 7.57. The zero-order chi connectivity index (χ0) is 15.7. The van der Waals surface area contributed by atoms with Crippen molar-refractivity contribution in [2.24, 2.45) is 5.92 Å². The van der Waals surface area contributed by atoms with Crippen LogP contribution in [0.5, 0.6) is 0 Å². The smallest absolute Gasteiger partial charge is 0.224 e. The Labute approximate surface area is 127 Å². The van der Waals surface area contributed by atoms with E-state index in [1.54, 1.807) is 24.3 Å². The summed E-state index contributed by atoms with van der Waals surface area (Å²) in [6, 6.07) is 9.05. The summed E-state index contributed by atoms with van der Waals surface area (Å²) in [6.07, 6.45) is 1.36. The second kappa shape index (κ2) is 9.15. The summed E-state index contributed by atoms with van der Waals surface area (Å²) < 4.78 is 0. The number of nitrogens with zero attached hydrogens (tertiary/aromatic N) is 2. The van der Waals surface area contributed by atoms with Gasteiger partial charge in [-0.2, -0.15) is 5.26 Å². The lowest BCUT2D eigenvalue weighted by atomic mass is 10.2. The molecule has 0 saturated carbocycles. The van der Waals surface area contributed by atoms with Gasteiger partial charge in [0.1, 0.15) is 0 Å². The number of hydrogen-bond donors (Lipinski definition) is 1. The molecule has 0 aliphatic carbocycles. The molecule has 4 heteroatoms. The van der Waals surface area contributed by atoms with Crippen LogP contribution in [0.4, 0.5) is 5.69 Å². The Balaban J connectivity index is 2.35. The van der Waals surface area contributed by atoms with E-state index in [-0.39, 0.29) is 5.91 Å². The summed E-state index contributed by atoms with van der Waals surface area (Å²) in [4.78, 5) is 14.3. The zero-order valence-electron chi connectivity index (χ0n) is 13.2. The first-order chi connectivity index (χ1) is 10.0. The third-order valence-corrected chi connectivity index (χ3v) is 3.22. The van der Waals surface area contributed by atoms with Gasteiger partial charge in [-0.05, 0) is 43.6 Å². The van der Waals surface area contributed by atoms with Gasteiger partial charge in [-0.25, -0.2) is 0 Å². The van der Waals surface area contributed by atoms with E-state index < -0.39 is 0 Å². The molecule has 1 amide bonds. The van der Waals surface area contributed by atoms with Gasteiger partial charge in [0.2, 0.25) is 5.91 Å². The molecule has 0 saturated heterocycles. The normalized spacial score (nSPS) is 10.7. The fourth-order valence-electron chi connectivity index (χ4n) is 2.25. The van der Waals surface area contributed by atoms with E-state index in [0.717, 1.165) is 26.1 Å². The highest BCUT2D eigenvalue weighted by molar-refractivity contribution is 5.90. The fourth-order valence-corrected chi connectivity index (χ4v) is 2.25. The number of nitrogens with one attached hydrogen (secondary N) is 1. The highest BCUT2D eigenvalue weighted by atomic mass is 16.1. The van der Waals surface area contributed by atoms with Gasteiger partial charge in [0, 0.05) is 18.7 Å². The van der Waals surface area contributed by atoms with Gasteiger partial charge in [0.15, 0.2) is 0 Å². The number of nitriles is 1. The molecular weight excluding hydrogens is 262 g/mol. The predicted octanol–water partition coefficient (Wildman–Crippen LogP) is 3.25. The second-order valence-corrected chi connectivity index (χ2v) is 5.63. The van der Waals surface area contributed by atoms with Crippen molar-refractivity contribution < 1.29 is 4.79 Å². The standard InChI is InChI=1S/C17H25N3O/c1-4-20(13-14(2)3)10-6-9-17(21)19-16-8-5-7-15(11-16)12-18/h5,7-8,11,14H,4,6,9-10,13H2,1-3H3,(H,19,21). The van der Waals surface area contributed by atoms with Crippen LogP contribution in [0.15, 0.2) is 24.3 Å². The van der Waals surface area contributed by atoms with Gasteiger partial charge in [-0.1, -0.05) is 26.8 Å². The molecule has 0 unspecified atom stereocenters. The van der Waals surface area contributed by atoms with E-state index in [2.05, 4.69) is 37.1 Å². The summed E-state index contributed by atoms with van der Waals surface area (Å²) in [5.41, 5.74) is 1.25. The number of anilines is 1. The first kappa shape index (κ1) is 17.2. The minimum absolute atomic E-state index is 0.00527. The van der Waals surface area contributed by atoms with Crippen molar-refractivity contribution >= 4 is 11.6 Å². The van der Waals surface area contributed by atoms with Crippen LogP contribution in [0, 0.1) is 17.2 Å². The summed E-state index contributed by atoms with van der Waals surface area (Å²) in [6.45, 7) is 9.59. The van der Waals surface area contributed by atoms with Crippen LogP contribution in [-0.4, -0.2) is 30.4 Å². The molecule has 0 aromatic heterocycles. The molecule has 4 nitrogen and oxygen atoms in total. The van der Waals surface area contributed by atoms with Crippen molar-refractivity contribution in [3.63, 3.8) is 0 Å². The predicted molar refractivity (Wildman–Crippen MR) is 86.0 cm³/mol. The molecule has 0 bridgehead atoms. The molecule has 1 N–H and O–H groups in total. The maximum Gasteiger partial charge on any atom is 0.224 e. The Hall–Kier alpha value is -1.86. The average Bonchev–Trinajstić information content (AvgIpc) is 2.45. The molecule has 0 aliphatic rings. The molecule has 1 aromatic carbocycles. The number of amides is 1. The summed E-state index contributed by atoms with van der Waals surface area (Å²) in [5.74, 6) is 0.651. The SMILES string of the molecule is CCN(CCCC(=O)Nc1cccc(C#N)c1)CC(C)C. The molecule has 1 aromatic rings. The van der Waals surface area contributed by atoms with Crippen LogP contribution in [-0.2, 0) is 4.79 Å². The van der Waals surface area contributed by atoms with Gasteiger partial charge >= 0.3 is 0 Å². The lowest BCUT2D eigenvalue weighted by Crippen LogP contribution is -2.29. The van der Waals surface area contributed by atoms with Crippen molar-refractivity contribution in [1.82, 2.24) is 4.90 Å². The van der Waals surface area contributed by atoms with Crippen molar-refractivity contribution in [1.29, 1.82) is 5.26 Å². The van der Waals surface area contributed by atoms with Crippen LogP contribution < -0.4 is 5.32 Å². The van der Waals surface area contributed by atoms with Gasteiger partial charge in [-0.3, -0.25) is 4.79 Å². The Kier molecular flexibility index (Phi) is 7.49. The minimum Gasteiger partial charge on any atom is -0.326 e. The molecule has 114 valence electrons. The van der Waals surface area contributed by atoms with E-state index in [1.165, 1.54) is 0 Å². The number of carbonyl (C=O) groups excluding carboxylic acids is 1. The Morgan fingerprint density at radius 1 is 1.43 bits per heavy atom. The minimum atomic E-state index is 0.00527. The van der Waals surface area contributed by atoms with Crippen LogP contribution in [0.1, 0.15) is 39.2 Å². The third kappa shape index (κ3) is 6.92. The molecular formula is C17H25N3O. The molecule has 0 spiro atoms. The first-order valence-electron chi connectivity index (χ1n) is 7.57. The van der Waals surface area contributed by atoms with E-state index >= 15 is 0 Å². The lowest BCUT2D eigenvalue weighted by molar-refractivity contribution is -0.116. The number of rotatable bonds is 8. The number of benzene rings is 1. The third-order valence-electron chi connectivity index (χ3n) is 3.22. The molecule has 0 heterocycles. The van der Waals surface area contributed by atoms with Crippen molar-refractivity contribution in [2.75, 3.05) is 25.0 Å². The van der Waals surface area contributed by atoms with Crippen LogP contribution in [0.3, 0.4) is 0 Å². The maximum absolute atomic E-state index is 11.9. The fraction of sp³-hybridized carbons (Fsp3) is 0.529. The van der Waals surface area contributed by atoms with Crippen LogP contribution >= 0.6 is 0 Å². The topological polar surface area (TPSA) is 56.1 Å². The highest BCUT2D eigenvalue weighted by Gasteiger charge is 2.07. The molecule has 21 heavy (non-hydrogen) atoms. The maximum atomic E-state index is 11.9. The van der Waals surface area contributed by atoms with Gasteiger partial charge in [-0.15, -0.1) is 0 Å². The molecule has 0 fully saturated rings. The number of hydrogen-bond acceptors (Lipinski definition) is 3. The highest BCUT2D eigenvalue weighted by Crippen LogP contribution is 2.10. The van der Waals surface area contributed by atoms with E-state index in [0.29, 0.717) is 23.6 Å². The largest absolute Gasteiger partial charge is 0.326 e. The Morgan fingerprint density at radius 3 is 2.81 bits per heavy atom. The van der Waals surface area contributed by atoms with E-state index in [4.69, 9.17) is 5.26 Å². The molecule has 0 radical (unpaired) electrons. The summed E-state index contributed by atoms with van der Waals surface area (Å²) in [7, 11) is 0.